The van der Waals surface area contributed by atoms with E-state index >= 15 is 0 Å². The van der Waals surface area contributed by atoms with E-state index in [0.29, 0.717) is 31.0 Å². The Balaban J connectivity index is 1.58. The van der Waals surface area contributed by atoms with Crippen molar-refractivity contribution in [3.63, 3.8) is 0 Å². The van der Waals surface area contributed by atoms with Gasteiger partial charge in [-0.05, 0) is 19.1 Å². The second kappa shape index (κ2) is 8.10. The Morgan fingerprint density at radius 2 is 1.91 bits per heavy atom. The number of ether oxygens (including phenoxy) is 2. The molecule has 7 nitrogen and oxygen atoms in total. The first-order chi connectivity index (χ1) is 15.7. The highest BCUT2D eigenvalue weighted by Crippen LogP contribution is 2.39. The normalized spacial score (nSPS) is 23.9. The lowest BCUT2D eigenvalue weighted by molar-refractivity contribution is -0.220. The van der Waals surface area contributed by atoms with Gasteiger partial charge in [0.15, 0.2) is 0 Å². The van der Waals surface area contributed by atoms with Gasteiger partial charge in [0.2, 0.25) is 0 Å². The van der Waals surface area contributed by atoms with Crippen LogP contribution < -0.4 is 10.1 Å². The molecule has 3 unspecified atom stereocenters. The number of aromatic nitrogens is 3. The number of halogens is 5. The molecule has 2 aliphatic rings. The van der Waals surface area contributed by atoms with Crippen molar-refractivity contribution in [2.75, 3.05) is 31.6 Å². The van der Waals surface area contributed by atoms with Gasteiger partial charge in [-0.2, -0.15) is 0 Å². The Hall–Kier alpha value is -2.99. The van der Waals surface area contributed by atoms with Crippen LogP contribution in [0.2, 0.25) is 0 Å². The molecule has 0 spiro atoms. The molecule has 0 amide bonds. The molecular weight excluding hydrogens is 449 g/mol. The van der Waals surface area contributed by atoms with Gasteiger partial charge in [-0.25, -0.2) is 8.78 Å². The van der Waals surface area contributed by atoms with Crippen LogP contribution in [0.1, 0.15) is 18.5 Å². The van der Waals surface area contributed by atoms with Crippen LogP contribution >= 0.6 is 0 Å². The molecule has 3 atom stereocenters. The first-order valence-corrected chi connectivity index (χ1v) is 10.4. The Morgan fingerprint density at radius 3 is 2.67 bits per heavy atom. The zero-order chi connectivity index (χ0) is 23.3. The zero-order valence-electron chi connectivity index (χ0n) is 17.4. The Kier molecular flexibility index (Phi) is 5.36. The van der Waals surface area contributed by atoms with Crippen molar-refractivity contribution >= 4 is 16.7 Å². The number of fused-ring (bicyclic) bond motifs is 2. The molecule has 3 aromatic rings. The van der Waals surface area contributed by atoms with E-state index in [-0.39, 0.29) is 35.5 Å². The number of nitrogens with one attached hydrogen (secondary N) is 1. The average molecular weight is 469 g/mol. The topological polar surface area (TPSA) is 64.4 Å². The summed E-state index contributed by atoms with van der Waals surface area (Å²) in [6.45, 7) is 3.86. The molecule has 1 fully saturated rings. The average Bonchev–Trinajstić information content (AvgIpc) is 3.18. The van der Waals surface area contributed by atoms with Crippen molar-refractivity contribution < 1.29 is 31.4 Å². The fraction of sp³-hybridized carbons (Fsp3) is 0.429. The van der Waals surface area contributed by atoms with Gasteiger partial charge in [0.1, 0.15) is 35.0 Å². The van der Waals surface area contributed by atoms with Crippen LogP contribution in [0.15, 0.2) is 30.3 Å². The molecule has 176 valence electrons. The molecule has 1 saturated heterocycles. The second-order valence-electron chi connectivity index (χ2n) is 8.14. The summed E-state index contributed by atoms with van der Waals surface area (Å²) in [6.07, 6.45) is -4.87. The molecule has 5 rings (SSSR count). The molecule has 33 heavy (non-hydrogen) atoms. The minimum Gasteiger partial charge on any atom is -0.491 e. The van der Waals surface area contributed by atoms with Crippen molar-refractivity contribution in [2.24, 2.45) is 0 Å². The first kappa shape index (κ1) is 21.8. The maximum Gasteiger partial charge on any atom is 0.521 e. The van der Waals surface area contributed by atoms with Crippen LogP contribution in [-0.2, 0) is 11.0 Å². The summed E-state index contributed by atoms with van der Waals surface area (Å²) >= 11 is 0. The summed E-state index contributed by atoms with van der Waals surface area (Å²) in [4.78, 5) is 1.75. The minimum atomic E-state index is -4.85. The standard InChI is InChI=1S/C21H20F5N5O2/c1-11-9-30(4-5-32-11)17-10-33-18-8-12(22)2-3-14(18)19(17)27-15-6-13(23)7-16-20(15)29-31(28-16)21(24,25)26/h2-3,6-8,11,17,19,27H,4-5,9-10H2,1H3. The summed E-state index contributed by atoms with van der Waals surface area (Å²) in [6, 6.07) is 5.25. The second-order valence-corrected chi connectivity index (χ2v) is 8.14. The lowest BCUT2D eigenvalue weighted by Crippen LogP contribution is -2.54. The van der Waals surface area contributed by atoms with Crippen molar-refractivity contribution in [1.29, 1.82) is 0 Å². The maximum absolute atomic E-state index is 14.3. The minimum absolute atomic E-state index is 0.0263. The van der Waals surface area contributed by atoms with Crippen molar-refractivity contribution in [3.8, 4) is 5.75 Å². The lowest BCUT2D eigenvalue weighted by atomic mass is 9.94. The summed E-state index contributed by atoms with van der Waals surface area (Å²) in [5, 5.41) is 10.1. The van der Waals surface area contributed by atoms with Crippen molar-refractivity contribution in [1.82, 2.24) is 19.9 Å². The third kappa shape index (κ3) is 4.20. The molecule has 3 heterocycles. The maximum atomic E-state index is 14.3. The monoisotopic (exact) mass is 469 g/mol. The highest BCUT2D eigenvalue weighted by Gasteiger charge is 2.38. The molecule has 0 bridgehead atoms. The van der Waals surface area contributed by atoms with Crippen LogP contribution in [0.3, 0.4) is 0 Å². The van der Waals surface area contributed by atoms with Crippen LogP contribution in [0.5, 0.6) is 5.75 Å². The number of anilines is 1. The largest absolute Gasteiger partial charge is 0.521 e. The fourth-order valence-electron chi connectivity index (χ4n) is 4.38. The highest BCUT2D eigenvalue weighted by molar-refractivity contribution is 5.87. The number of alkyl halides is 3. The third-order valence-electron chi connectivity index (χ3n) is 5.84. The summed E-state index contributed by atoms with van der Waals surface area (Å²) in [7, 11) is 0. The van der Waals surface area contributed by atoms with Crippen LogP contribution in [0.25, 0.3) is 11.0 Å². The molecule has 2 aromatic carbocycles. The fourth-order valence-corrected chi connectivity index (χ4v) is 4.38. The van der Waals surface area contributed by atoms with Crippen molar-refractivity contribution in [2.45, 2.75) is 31.4 Å². The van der Waals surface area contributed by atoms with Gasteiger partial charge in [-0.3, -0.25) is 4.90 Å². The molecule has 1 N–H and O–H groups in total. The van der Waals surface area contributed by atoms with E-state index < -0.39 is 28.8 Å². The summed E-state index contributed by atoms with van der Waals surface area (Å²) in [5.41, 5.74) is 0.289. The third-order valence-corrected chi connectivity index (χ3v) is 5.84. The number of benzene rings is 2. The number of morpholine rings is 1. The van der Waals surface area contributed by atoms with E-state index in [4.69, 9.17) is 9.47 Å². The number of rotatable bonds is 3. The van der Waals surface area contributed by atoms with E-state index in [9.17, 15) is 22.0 Å². The van der Waals surface area contributed by atoms with E-state index in [1.807, 2.05) is 6.92 Å². The quantitative estimate of drug-likeness (QED) is 0.589. The smallest absolute Gasteiger partial charge is 0.491 e. The Bertz CT molecular complexity index is 1180. The molecule has 12 heteroatoms. The van der Waals surface area contributed by atoms with Gasteiger partial charge < -0.3 is 14.8 Å². The van der Waals surface area contributed by atoms with E-state index in [1.54, 1.807) is 6.07 Å². The van der Waals surface area contributed by atoms with Gasteiger partial charge in [-0.15, -0.1) is 23.4 Å². The van der Waals surface area contributed by atoms with Gasteiger partial charge >= 0.3 is 6.30 Å². The number of nitrogens with zero attached hydrogens (tertiary/aromatic N) is 4. The Labute approximate surface area is 185 Å². The summed E-state index contributed by atoms with van der Waals surface area (Å²) in [5.74, 6) is -0.925. The van der Waals surface area contributed by atoms with E-state index in [1.165, 1.54) is 12.1 Å². The molecule has 2 aliphatic heterocycles. The molecule has 0 radical (unpaired) electrons. The Morgan fingerprint density at radius 1 is 1.09 bits per heavy atom. The highest BCUT2D eigenvalue weighted by atomic mass is 19.4. The predicted molar refractivity (Wildman–Crippen MR) is 108 cm³/mol. The predicted octanol–water partition coefficient (Wildman–Crippen LogP) is 3.82. The zero-order valence-corrected chi connectivity index (χ0v) is 17.4. The van der Waals surface area contributed by atoms with Gasteiger partial charge in [0.05, 0.1) is 30.5 Å². The van der Waals surface area contributed by atoms with Gasteiger partial charge in [0, 0.05) is 30.8 Å². The van der Waals surface area contributed by atoms with E-state index in [2.05, 4.69) is 20.4 Å². The first-order valence-electron chi connectivity index (χ1n) is 10.4. The van der Waals surface area contributed by atoms with E-state index in [0.717, 1.165) is 12.1 Å². The van der Waals surface area contributed by atoms with Crippen LogP contribution in [-0.4, -0.2) is 58.3 Å². The molecule has 1 aromatic heterocycles. The van der Waals surface area contributed by atoms with Crippen LogP contribution in [0.4, 0.5) is 27.6 Å². The van der Waals surface area contributed by atoms with Crippen molar-refractivity contribution in [3.05, 3.63) is 47.5 Å². The summed E-state index contributed by atoms with van der Waals surface area (Å²) < 4.78 is 79.0. The molecular formula is C21H20F5N5O2. The van der Waals surface area contributed by atoms with Gasteiger partial charge in [-0.1, -0.05) is 10.9 Å². The molecule has 0 saturated carbocycles. The lowest BCUT2D eigenvalue weighted by Gasteiger charge is -2.44. The number of hydrogen-bond donors (Lipinski definition) is 1. The SMILES string of the molecule is CC1CN(C2COc3cc(F)ccc3C2Nc2cc(F)cc3nn(C(F)(F)F)nc23)CCO1. The molecule has 0 aliphatic carbocycles. The van der Waals surface area contributed by atoms with Crippen LogP contribution in [0, 0.1) is 11.6 Å². The number of hydrogen-bond acceptors (Lipinski definition) is 6. The van der Waals surface area contributed by atoms with Gasteiger partial charge in [0.25, 0.3) is 0 Å².